The third-order valence-corrected chi connectivity index (χ3v) is 4.24. The molecule has 1 aromatic rings. The fourth-order valence-electron chi connectivity index (χ4n) is 2.22. The molecule has 0 saturated carbocycles. The SMILES string of the molecule is CCOC(CC)(CC)C(O)c1cccc(Cl)c1Cl. The second-order valence-electron chi connectivity index (χ2n) is 4.25. The van der Waals surface area contributed by atoms with Crippen molar-refractivity contribution in [3.8, 4) is 0 Å². The minimum atomic E-state index is -0.779. The predicted molar refractivity (Wildman–Crippen MR) is 76.4 cm³/mol. The van der Waals surface area contributed by atoms with E-state index in [1.807, 2.05) is 20.8 Å². The molecule has 0 aliphatic rings. The maximum atomic E-state index is 10.6. The lowest BCUT2D eigenvalue weighted by molar-refractivity contribution is -0.127. The van der Waals surface area contributed by atoms with Gasteiger partial charge in [-0.3, -0.25) is 0 Å². The summed E-state index contributed by atoms with van der Waals surface area (Å²) < 4.78 is 5.79. The number of aliphatic hydroxyl groups is 1. The predicted octanol–water partition coefficient (Wildman–Crippen LogP) is 4.62. The fourth-order valence-corrected chi connectivity index (χ4v) is 2.63. The zero-order valence-corrected chi connectivity index (χ0v) is 12.6. The van der Waals surface area contributed by atoms with E-state index >= 15 is 0 Å². The number of ether oxygens (including phenoxy) is 1. The summed E-state index contributed by atoms with van der Waals surface area (Å²) in [6.45, 7) is 6.48. The van der Waals surface area contributed by atoms with Crippen molar-refractivity contribution < 1.29 is 9.84 Å². The minimum Gasteiger partial charge on any atom is -0.385 e. The van der Waals surface area contributed by atoms with E-state index < -0.39 is 11.7 Å². The van der Waals surface area contributed by atoms with Crippen molar-refractivity contribution in [3.63, 3.8) is 0 Å². The first kappa shape index (κ1) is 15.8. The zero-order valence-electron chi connectivity index (χ0n) is 11.0. The quantitative estimate of drug-likeness (QED) is 0.828. The van der Waals surface area contributed by atoms with Crippen LogP contribution in [0.5, 0.6) is 0 Å². The molecule has 1 rings (SSSR count). The largest absolute Gasteiger partial charge is 0.385 e. The van der Waals surface area contributed by atoms with Crippen LogP contribution in [-0.4, -0.2) is 17.3 Å². The van der Waals surface area contributed by atoms with Crippen LogP contribution in [0.15, 0.2) is 18.2 Å². The van der Waals surface area contributed by atoms with Gasteiger partial charge in [0.25, 0.3) is 0 Å². The lowest BCUT2D eigenvalue weighted by Gasteiger charge is -2.37. The Bertz CT molecular complexity index is 389. The van der Waals surface area contributed by atoms with Crippen molar-refractivity contribution in [2.75, 3.05) is 6.61 Å². The Balaban J connectivity index is 3.17. The number of benzene rings is 1. The van der Waals surface area contributed by atoms with Crippen molar-refractivity contribution in [3.05, 3.63) is 33.8 Å². The molecule has 2 nitrogen and oxygen atoms in total. The van der Waals surface area contributed by atoms with Gasteiger partial charge in [0.2, 0.25) is 0 Å². The summed E-state index contributed by atoms with van der Waals surface area (Å²) in [4.78, 5) is 0. The first-order valence-electron chi connectivity index (χ1n) is 6.28. The molecule has 0 aliphatic carbocycles. The van der Waals surface area contributed by atoms with Crippen LogP contribution in [0.4, 0.5) is 0 Å². The molecule has 1 N–H and O–H groups in total. The summed E-state index contributed by atoms with van der Waals surface area (Å²) in [6, 6.07) is 5.28. The molecule has 0 aliphatic heterocycles. The van der Waals surface area contributed by atoms with Gasteiger partial charge in [0.15, 0.2) is 0 Å². The Morgan fingerprint density at radius 2 is 1.83 bits per heavy atom. The van der Waals surface area contributed by atoms with E-state index in [-0.39, 0.29) is 0 Å². The van der Waals surface area contributed by atoms with Crippen molar-refractivity contribution >= 4 is 23.2 Å². The molecule has 4 heteroatoms. The van der Waals surface area contributed by atoms with Gasteiger partial charge in [0.05, 0.1) is 15.6 Å². The Morgan fingerprint density at radius 1 is 1.22 bits per heavy atom. The van der Waals surface area contributed by atoms with Crippen molar-refractivity contribution in [2.24, 2.45) is 0 Å². The molecule has 102 valence electrons. The highest BCUT2D eigenvalue weighted by molar-refractivity contribution is 6.42. The van der Waals surface area contributed by atoms with Gasteiger partial charge in [-0.25, -0.2) is 0 Å². The number of halogens is 2. The van der Waals surface area contributed by atoms with E-state index in [0.717, 1.165) is 0 Å². The van der Waals surface area contributed by atoms with Crippen LogP contribution in [0, 0.1) is 0 Å². The highest BCUT2D eigenvalue weighted by atomic mass is 35.5. The van der Waals surface area contributed by atoms with Crippen molar-refractivity contribution in [1.29, 1.82) is 0 Å². The van der Waals surface area contributed by atoms with Gasteiger partial charge in [-0.15, -0.1) is 0 Å². The van der Waals surface area contributed by atoms with Crippen LogP contribution in [0.2, 0.25) is 10.0 Å². The van der Waals surface area contributed by atoms with E-state index in [4.69, 9.17) is 27.9 Å². The van der Waals surface area contributed by atoms with Crippen LogP contribution < -0.4 is 0 Å². The Kier molecular flexibility index (Phi) is 5.93. The lowest BCUT2D eigenvalue weighted by Crippen LogP contribution is -2.38. The van der Waals surface area contributed by atoms with Gasteiger partial charge in [0, 0.05) is 12.2 Å². The third kappa shape index (κ3) is 3.00. The monoisotopic (exact) mass is 290 g/mol. The number of aliphatic hydroxyl groups excluding tert-OH is 1. The summed E-state index contributed by atoms with van der Waals surface area (Å²) in [5.41, 5.74) is 0.0182. The number of hydrogen-bond acceptors (Lipinski definition) is 2. The first-order chi connectivity index (χ1) is 8.52. The van der Waals surface area contributed by atoms with E-state index in [1.54, 1.807) is 18.2 Å². The summed E-state index contributed by atoms with van der Waals surface area (Å²) in [7, 11) is 0. The molecule has 1 unspecified atom stereocenters. The smallest absolute Gasteiger partial charge is 0.109 e. The lowest BCUT2D eigenvalue weighted by atomic mass is 9.86. The van der Waals surface area contributed by atoms with Crippen molar-refractivity contribution in [2.45, 2.75) is 45.3 Å². The number of hydrogen-bond donors (Lipinski definition) is 1. The molecular weight excluding hydrogens is 271 g/mol. The van der Waals surface area contributed by atoms with Crippen LogP contribution in [-0.2, 0) is 4.74 Å². The summed E-state index contributed by atoms with van der Waals surface area (Å²) >= 11 is 12.1. The standard InChI is InChI=1S/C14H20Cl2O2/c1-4-14(5-2,18-6-3)13(17)10-8-7-9-11(15)12(10)16/h7-9,13,17H,4-6H2,1-3H3. The second-order valence-corrected chi connectivity index (χ2v) is 5.04. The van der Waals surface area contributed by atoms with Gasteiger partial charge in [-0.2, -0.15) is 0 Å². The van der Waals surface area contributed by atoms with Gasteiger partial charge < -0.3 is 9.84 Å². The summed E-state index contributed by atoms with van der Waals surface area (Å²) in [5.74, 6) is 0. The number of rotatable bonds is 6. The molecule has 0 saturated heterocycles. The average Bonchev–Trinajstić information content (AvgIpc) is 2.38. The van der Waals surface area contributed by atoms with Crippen LogP contribution in [0.25, 0.3) is 0 Å². The van der Waals surface area contributed by atoms with E-state index in [1.165, 1.54) is 0 Å². The molecule has 0 fully saturated rings. The maximum Gasteiger partial charge on any atom is 0.109 e. The van der Waals surface area contributed by atoms with Crippen molar-refractivity contribution in [1.82, 2.24) is 0 Å². The van der Waals surface area contributed by atoms with Crippen LogP contribution in [0.1, 0.15) is 45.3 Å². The summed E-state index contributed by atoms with van der Waals surface area (Å²) in [5, 5.41) is 11.4. The molecule has 0 radical (unpaired) electrons. The Hall–Kier alpha value is -0.280. The van der Waals surface area contributed by atoms with Gasteiger partial charge >= 0.3 is 0 Å². The Morgan fingerprint density at radius 3 is 2.33 bits per heavy atom. The highest BCUT2D eigenvalue weighted by Gasteiger charge is 2.37. The molecule has 1 aromatic carbocycles. The zero-order chi connectivity index (χ0) is 13.8. The molecular formula is C14H20Cl2O2. The van der Waals surface area contributed by atoms with Gasteiger partial charge in [-0.1, -0.05) is 49.2 Å². The molecule has 0 amide bonds. The molecule has 0 aromatic heterocycles. The van der Waals surface area contributed by atoms with Crippen LogP contribution in [0.3, 0.4) is 0 Å². The van der Waals surface area contributed by atoms with Gasteiger partial charge in [-0.05, 0) is 25.8 Å². The van der Waals surface area contributed by atoms with E-state index in [2.05, 4.69) is 0 Å². The maximum absolute atomic E-state index is 10.6. The van der Waals surface area contributed by atoms with E-state index in [9.17, 15) is 5.11 Å². The van der Waals surface area contributed by atoms with Crippen LogP contribution >= 0.6 is 23.2 Å². The molecule has 0 bridgehead atoms. The topological polar surface area (TPSA) is 29.5 Å². The molecule has 1 atom stereocenters. The molecule has 18 heavy (non-hydrogen) atoms. The molecule has 0 heterocycles. The second kappa shape index (κ2) is 6.76. The first-order valence-corrected chi connectivity index (χ1v) is 7.03. The van der Waals surface area contributed by atoms with E-state index in [0.29, 0.717) is 35.1 Å². The van der Waals surface area contributed by atoms with Gasteiger partial charge in [0.1, 0.15) is 6.10 Å². The third-order valence-electron chi connectivity index (χ3n) is 3.40. The average molecular weight is 291 g/mol. The minimum absolute atomic E-state index is 0.401. The Labute approximate surface area is 119 Å². The highest BCUT2D eigenvalue weighted by Crippen LogP contribution is 2.40. The summed E-state index contributed by atoms with van der Waals surface area (Å²) in [6.07, 6.45) is 0.640. The molecule has 0 spiro atoms. The fraction of sp³-hybridized carbons (Fsp3) is 0.571. The normalized spacial score (nSPS) is 13.7.